The highest BCUT2D eigenvalue weighted by Crippen LogP contribution is 2.36. The highest BCUT2D eigenvalue weighted by molar-refractivity contribution is 7.99. The molecule has 4 rings (SSSR count). The number of hydrogen-bond donors (Lipinski definition) is 0. The normalized spacial score (nSPS) is 16.5. The van der Waals surface area contributed by atoms with E-state index in [1.165, 1.54) is 0 Å². The number of thioether (sulfide) groups is 1. The number of benzene rings is 1. The second-order valence-electron chi connectivity index (χ2n) is 8.06. The lowest BCUT2D eigenvalue weighted by Gasteiger charge is -2.26. The van der Waals surface area contributed by atoms with E-state index in [0.717, 1.165) is 62.1 Å². The van der Waals surface area contributed by atoms with Crippen LogP contribution in [0.25, 0.3) is 15.9 Å². The van der Waals surface area contributed by atoms with Gasteiger partial charge in [0.2, 0.25) is 0 Å². The van der Waals surface area contributed by atoms with E-state index in [-0.39, 0.29) is 11.7 Å². The standard InChI is InChI=1S/C23H28N2O2S2/c1-5-6-10-28-23-24-21-20(17-12-18(14(2)3)27-13-19(17)29-21)22(26)25(23)16-9-7-8-15(4)11-16/h7-9,11,14,18H,5-6,10,12-13H2,1-4H3/t18-/m1/s1. The first-order valence-electron chi connectivity index (χ1n) is 10.4. The first-order valence-corrected chi connectivity index (χ1v) is 12.2. The average molecular weight is 429 g/mol. The minimum absolute atomic E-state index is 0.0569. The molecule has 1 atom stereocenters. The van der Waals surface area contributed by atoms with Crippen molar-refractivity contribution in [2.45, 2.75) is 64.8 Å². The summed E-state index contributed by atoms with van der Waals surface area (Å²) >= 11 is 3.31. The molecule has 0 fully saturated rings. The summed E-state index contributed by atoms with van der Waals surface area (Å²) in [4.78, 5) is 20.8. The van der Waals surface area contributed by atoms with E-state index in [2.05, 4.69) is 39.8 Å². The number of hydrogen-bond acceptors (Lipinski definition) is 5. The summed E-state index contributed by atoms with van der Waals surface area (Å²) in [6.45, 7) is 9.18. The SMILES string of the molecule is CCCCSc1nc2sc3c(c2c(=O)n1-c1cccc(C)c1)C[C@H](C(C)C)OC3. The van der Waals surface area contributed by atoms with Gasteiger partial charge >= 0.3 is 0 Å². The molecule has 0 radical (unpaired) electrons. The van der Waals surface area contributed by atoms with E-state index in [9.17, 15) is 4.79 Å². The second-order valence-corrected chi connectivity index (χ2v) is 10.2. The summed E-state index contributed by atoms with van der Waals surface area (Å²) in [7, 11) is 0. The minimum atomic E-state index is 0.0569. The van der Waals surface area contributed by atoms with Crippen LogP contribution in [0, 0.1) is 12.8 Å². The Labute approximate surface area is 180 Å². The quantitative estimate of drug-likeness (QED) is 0.285. The molecule has 0 unspecified atom stereocenters. The molecule has 29 heavy (non-hydrogen) atoms. The number of nitrogens with zero attached hydrogens (tertiary/aromatic N) is 2. The van der Waals surface area contributed by atoms with Crippen LogP contribution >= 0.6 is 23.1 Å². The maximum atomic E-state index is 13.8. The Kier molecular flexibility index (Phi) is 6.13. The molecule has 154 valence electrons. The molecule has 1 aliphatic heterocycles. The van der Waals surface area contributed by atoms with Crippen molar-refractivity contribution in [1.29, 1.82) is 0 Å². The summed E-state index contributed by atoms with van der Waals surface area (Å²) in [5.41, 5.74) is 3.25. The highest BCUT2D eigenvalue weighted by Gasteiger charge is 2.28. The van der Waals surface area contributed by atoms with Gasteiger partial charge in [-0.25, -0.2) is 4.98 Å². The molecule has 1 aliphatic rings. The average Bonchev–Trinajstić information content (AvgIpc) is 3.06. The zero-order valence-corrected chi connectivity index (χ0v) is 19.2. The van der Waals surface area contributed by atoms with Crippen molar-refractivity contribution >= 4 is 33.3 Å². The van der Waals surface area contributed by atoms with Crippen molar-refractivity contribution in [2.75, 3.05) is 5.75 Å². The van der Waals surface area contributed by atoms with Crippen LogP contribution in [-0.4, -0.2) is 21.4 Å². The van der Waals surface area contributed by atoms with E-state index < -0.39 is 0 Å². The van der Waals surface area contributed by atoms with Gasteiger partial charge in [0, 0.05) is 17.1 Å². The maximum Gasteiger partial charge on any atom is 0.267 e. The summed E-state index contributed by atoms with van der Waals surface area (Å²) < 4.78 is 7.87. The summed E-state index contributed by atoms with van der Waals surface area (Å²) in [5, 5.41) is 1.58. The molecule has 0 bridgehead atoms. The van der Waals surface area contributed by atoms with Gasteiger partial charge in [-0.15, -0.1) is 11.3 Å². The van der Waals surface area contributed by atoms with Crippen molar-refractivity contribution in [3.05, 3.63) is 50.6 Å². The lowest BCUT2D eigenvalue weighted by Crippen LogP contribution is -2.28. The van der Waals surface area contributed by atoms with E-state index in [1.54, 1.807) is 23.1 Å². The Bertz CT molecular complexity index is 1080. The number of unbranched alkanes of at least 4 members (excludes halogenated alkanes) is 1. The van der Waals surface area contributed by atoms with Gasteiger partial charge < -0.3 is 4.74 Å². The van der Waals surface area contributed by atoms with Gasteiger partial charge in [-0.05, 0) is 42.5 Å². The largest absolute Gasteiger partial charge is 0.372 e. The Hall–Kier alpha value is -1.63. The van der Waals surface area contributed by atoms with Crippen LogP contribution in [0.4, 0.5) is 0 Å². The number of fused-ring (bicyclic) bond motifs is 3. The van der Waals surface area contributed by atoms with E-state index >= 15 is 0 Å². The lowest BCUT2D eigenvalue weighted by molar-refractivity contribution is 0.00200. The molecule has 1 aromatic carbocycles. The van der Waals surface area contributed by atoms with Gasteiger partial charge in [0.15, 0.2) is 5.16 Å². The Balaban J connectivity index is 1.91. The molecule has 4 nitrogen and oxygen atoms in total. The third-order valence-electron chi connectivity index (χ3n) is 5.44. The highest BCUT2D eigenvalue weighted by atomic mass is 32.2. The number of aryl methyl sites for hydroxylation is 1. The van der Waals surface area contributed by atoms with Gasteiger partial charge in [-0.2, -0.15) is 0 Å². The van der Waals surface area contributed by atoms with Crippen LogP contribution in [0.3, 0.4) is 0 Å². The fourth-order valence-electron chi connectivity index (χ4n) is 3.74. The Morgan fingerprint density at radius 2 is 2.21 bits per heavy atom. The van der Waals surface area contributed by atoms with Crippen LogP contribution in [0.2, 0.25) is 0 Å². The Morgan fingerprint density at radius 3 is 2.93 bits per heavy atom. The van der Waals surface area contributed by atoms with Crippen molar-refractivity contribution in [1.82, 2.24) is 9.55 Å². The third-order valence-corrected chi connectivity index (χ3v) is 7.57. The van der Waals surface area contributed by atoms with Crippen LogP contribution in [0.5, 0.6) is 0 Å². The number of ether oxygens (including phenoxy) is 1. The smallest absolute Gasteiger partial charge is 0.267 e. The van der Waals surface area contributed by atoms with Crippen molar-refractivity contribution in [3.63, 3.8) is 0 Å². The van der Waals surface area contributed by atoms with Gasteiger partial charge in [-0.3, -0.25) is 9.36 Å². The monoisotopic (exact) mass is 428 g/mol. The molecule has 2 aromatic heterocycles. The molecule has 0 saturated carbocycles. The molecule has 6 heteroatoms. The molecule has 0 spiro atoms. The van der Waals surface area contributed by atoms with Crippen LogP contribution in [0.1, 0.15) is 49.6 Å². The first kappa shape index (κ1) is 20.6. The summed E-state index contributed by atoms with van der Waals surface area (Å²) in [6, 6.07) is 8.14. The molecule has 0 N–H and O–H groups in total. The molecule has 0 aliphatic carbocycles. The molecule has 3 heterocycles. The van der Waals surface area contributed by atoms with Crippen LogP contribution < -0.4 is 5.56 Å². The fraction of sp³-hybridized carbons (Fsp3) is 0.478. The number of aromatic nitrogens is 2. The summed E-state index contributed by atoms with van der Waals surface area (Å²) in [5.74, 6) is 1.39. The third kappa shape index (κ3) is 4.03. The van der Waals surface area contributed by atoms with E-state index in [1.807, 2.05) is 16.7 Å². The van der Waals surface area contributed by atoms with Crippen LogP contribution in [0.15, 0.2) is 34.2 Å². The fourth-order valence-corrected chi connectivity index (χ4v) is 6.00. The van der Waals surface area contributed by atoms with Gasteiger partial charge in [0.1, 0.15) is 4.83 Å². The molecule has 0 amide bonds. The molecule has 0 saturated heterocycles. The summed E-state index contributed by atoms with van der Waals surface area (Å²) in [6.07, 6.45) is 3.19. The van der Waals surface area contributed by atoms with Crippen molar-refractivity contribution in [3.8, 4) is 5.69 Å². The minimum Gasteiger partial charge on any atom is -0.372 e. The van der Waals surface area contributed by atoms with Gasteiger partial charge in [0.25, 0.3) is 5.56 Å². The molecule has 3 aromatic rings. The molecular weight excluding hydrogens is 400 g/mol. The van der Waals surface area contributed by atoms with Crippen molar-refractivity contribution < 1.29 is 4.74 Å². The lowest BCUT2D eigenvalue weighted by atomic mass is 9.96. The Morgan fingerprint density at radius 1 is 1.38 bits per heavy atom. The predicted octanol–water partition coefficient (Wildman–Crippen LogP) is 5.75. The number of thiophene rings is 1. The van der Waals surface area contributed by atoms with Crippen molar-refractivity contribution in [2.24, 2.45) is 5.92 Å². The predicted molar refractivity (Wildman–Crippen MR) is 123 cm³/mol. The number of rotatable bonds is 6. The van der Waals surface area contributed by atoms with Gasteiger partial charge in [-0.1, -0.05) is 51.1 Å². The topological polar surface area (TPSA) is 44.1 Å². The first-order chi connectivity index (χ1) is 14.0. The second kappa shape index (κ2) is 8.62. The zero-order chi connectivity index (χ0) is 20.5. The van der Waals surface area contributed by atoms with E-state index in [4.69, 9.17) is 9.72 Å². The van der Waals surface area contributed by atoms with Crippen LogP contribution in [-0.2, 0) is 17.8 Å². The van der Waals surface area contributed by atoms with Gasteiger partial charge in [0.05, 0.1) is 23.8 Å². The van der Waals surface area contributed by atoms with E-state index in [0.29, 0.717) is 12.5 Å². The zero-order valence-electron chi connectivity index (χ0n) is 17.5. The maximum absolute atomic E-state index is 13.8. The molecular formula is C23H28N2O2S2.